The van der Waals surface area contributed by atoms with Crippen LogP contribution in [0.2, 0.25) is 0 Å². The third-order valence-corrected chi connectivity index (χ3v) is 2.67. The Labute approximate surface area is 84.6 Å². The molecule has 2 rings (SSSR count). The maximum atomic E-state index is 11.7. The van der Waals surface area contributed by atoms with Crippen LogP contribution in [0.1, 0.15) is 21.0 Å². The fraction of sp³-hybridized carbons (Fsp3) is 0.100. The normalized spacial score (nSPS) is 10.4. The van der Waals surface area contributed by atoms with Crippen LogP contribution in [0.3, 0.4) is 0 Å². The van der Waals surface area contributed by atoms with Crippen LogP contribution in [-0.4, -0.2) is 10.9 Å². The predicted octanol–water partition coefficient (Wildman–Crippen LogP) is 2.06. The first kappa shape index (κ1) is 9.18. The van der Waals surface area contributed by atoms with Crippen molar-refractivity contribution in [2.45, 2.75) is 6.61 Å². The third kappa shape index (κ3) is 1.62. The lowest BCUT2D eigenvalue weighted by Crippen LogP contribution is -1.95. The Morgan fingerprint density at radius 2 is 2.43 bits per heavy atom. The summed E-state index contributed by atoms with van der Waals surface area (Å²) in [5.41, 5.74) is 0.616. The molecule has 2 heterocycles. The number of hydrogen-bond donors (Lipinski definition) is 1. The monoisotopic (exact) mass is 208 g/mol. The molecule has 0 aliphatic rings. The average molecular weight is 208 g/mol. The van der Waals surface area contributed by atoms with E-state index in [-0.39, 0.29) is 18.2 Å². The minimum atomic E-state index is -0.139. The molecule has 2 aromatic rings. The van der Waals surface area contributed by atoms with E-state index in [9.17, 15) is 4.79 Å². The summed E-state index contributed by atoms with van der Waals surface area (Å²) in [5, 5.41) is 10.6. The van der Waals surface area contributed by atoms with Crippen molar-refractivity contribution in [3.05, 3.63) is 46.0 Å². The van der Waals surface area contributed by atoms with E-state index in [1.165, 1.54) is 17.6 Å². The highest BCUT2D eigenvalue weighted by molar-refractivity contribution is 7.12. The first-order chi connectivity index (χ1) is 6.81. The number of rotatable bonds is 3. The summed E-state index contributed by atoms with van der Waals surface area (Å²) in [5.74, 6) is 0.135. The summed E-state index contributed by atoms with van der Waals surface area (Å²) in [6.07, 6.45) is 1.39. The van der Waals surface area contributed by atoms with E-state index in [0.717, 1.165) is 0 Å². The van der Waals surface area contributed by atoms with E-state index in [1.54, 1.807) is 12.1 Å². The minimum absolute atomic E-state index is 0.110. The highest BCUT2D eigenvalue weighted by Gasteiger charge is 2.13. The molecular formula is C10H8O3S. The molecule has 0 aromatic carbocycles. The molecule has 0 amide bonds. The molecule has 0 aliphatic heterocycles. The Hall–Kier alpha value is -1.39. The van der Waals surface area contributed by atoms with Gasteiger partial charge in [-0.05, 0) is 17.5 Å². The van der Waals surface area contributed by atoms with Gasteiger partial charge in [-0.2, -0.15) is 0 Å². The van der Waals surface area contributed by atoms with Crippen molar-refractivity contribution < 1.29 is 14.3 Å². The van der Waals surface area contributed by atoms with Crippen LogP contribution in [0.5, 0.6) is 0 Å². The van der Waals surface area contributed by atoms with Crippen molar-refractivity contribution >= 4 is 17.1 Å². The van der Waals surface area contributed by atoms with Crippen LogP contribution >= 0.6 is 11.3 Å². The Kier molecular flexibility index (Phi) is 2.47. The van der Waals surface area contributed by atoms with Crippen molar-refractivity contribution in [3.8, 4) is 0 Å². The molecule has 0 fully saturated rings. The standard InChI is InChI=1S/C10H8O3S/c11-5-7-4-8(13-6-7)10(12)9-2-1-3-14-9/h1-4,6,11H,5H2. The SMILES string of the molecule is O=C(c1cc(CO)co1)c1cccs1. The fourth-order valence-electron chi connectivity index (χ4n) is 1.11. The average Bonchev–Trinajstić information content (AvgIpc) is 2.88. The van der Waals surface area contributed by atoms with Gasteiger partial charge in [-0.3, -0.25) is 4.79 Å². The van der Waals surface area contributed by atoms with E-state index in [1.807, 2.05) is 11.4 Å². The number of carbonyl (C=O) groups excluding carboxylic acids is 1. The maximum Gasteiger partial charge on any atom is 0.238 e. The summed E-state index contributed by atoms with van der Waals surface area (Å²) < 4.78 is 5.04. The van der Waals surface area contributed by atoms with Crippen LogP contribution < -0.4 is 0 Å². The molecule has 14 heavy (non-hydrogen) atoms. The number of carbonyl (C=O) groups is 1. The van der Waals surface area contributed by atoms with Crippen molar-refractivity contribution in [1.29, 1.82) is 0 Å². The van der Waals surface area contributed by atoms with Crippen LogP contribution in [0.15, 0.2) is 34.3 Å². The molecule has 0 spiro atoms. The van der Waals surface area contributed by atoms with E-state index in [2.05, 4.69) is 0 Å². The van der Waals surface area contributed by atoms with Gasteiger partial charge in [0.25, 0.3) is 0 Å². The topological polar surface area (TPSA) is 50.4 Å². The van der Waals surface area contributed by atoms with Crippen molar-refractivity contribution in [1.82, 2.24) is 0 Å². The lowest BCUT2D eigenvalue weighted by molar-refractivity contribution is 0.101. The minimum Gasteiger partial charge on any atom is -0.460 e. The molecule has 0 unspecified atom stereocenters. The van der Waals surface area contributed by atoms with Crippen LogP contribution in [-0.2, 0) is 6.61 Å². The van der Waals surface area contributed by atoms with E-state index in [0.29, 0.717) is 10.4 Å². The molecule has 0 saturated heterocycles. The number of aliphatic hydroxyl groups is 1. The van der Waals surface area contributed by atoms with Gasteiger partial charge in [0, 0.05) is 5.56 Å². The van der Waals surface area contributed by atoms with E-state index < -0.39 is 0 Å². The smallest absolute Gasteiger partial charge is 0.238 e. The molecule has 1 N–H and O–H groups in total. The highest BCUT2D eigenvalue weighted by atomic mass is 32.1. The summed E-state index contributed by atoms with van der Waals surface area (Å²) >= 11 is 1.37. The van der Waals surface area contributed by atoms with Crippen molar-refractivity contribution in [2.24, 2.45) is 0 Å². The Morgan fingerprint density at radius 3 is 3.00 bits per heavy atom. The van der Waals surface area contributed by atoms with Gasteiger partial charge in [0.15, 0.2) is 5.76 Å². The Morgan fingerprint density at radius 1 is 1.57 bits per heavy atom. The lowest BCUT2D eigenvalue weighted by atomic mass is 10.2. The number of thiophene rings is 1. The van der Waals surface area contributed by atoms with Gasteiger partial charge in [0.2, 0.25) is 5.78 Å². The highest BCUT2D eigenvalue weighted by Crippen LogP contribution is 2.17. The van der Waals surface area contributed by atoms with Crippen LogP contribution in [0.4, 0.5) is 0 Å². The first-order valence-corrected chi connectivity index (χ1v) is 4.95. The molecular weight excluding hydrogens is 200 g/mol. The van der Waals surface area contributed by atoms with Gasteiger partial charge >= 0.3 is 0 Å². The fourth-order valence-corrected chi connectivity index (χ4v) is 1.78. The summed E-state index contributed by atoms with van der Waals surface area (Å²) in [6.45, 7) is -0.110. The number of aliphatic hydroxyl groups excluding tert-OH is 1. The molecule has 72 valence electrons. The molecule has 4 heteroatoms. The maximum absolute atomic E-state index is 11.7. The Balaban J connectivity index is 2.28. The first-order valence-electron chi connectivity index (χ1n) is 4.07. The van der Waals surface area contributed by atoms with Gasteiger partial charge in [-0.15, -0.1) is 11.3 Å². The second-order valence-corrected chi connectivity index (χ2v) is 3.73. The summed E-state index contributed by atoms with van der Waals surface area (Å²) in [6, 6.07) is 5.12. The van der Waals surface area contributed by atoms with Gasteiger partial charge in [-0.25, -0.2) is 0 Å². The lowest BCUT2D eigenvalue weighted by Gasteiger charge is -1.89. The number of furan rings is 1. The Bertz CT molecular complexity index is 428. The summed E-state index contributed by atoms with van der Waals surface area (Å²) in [7, 11) is 0. The number of hydrogen-bond acceptors (Lipinski definition) is 4. The zero-order valence-electron chi connectivity index (χ0n) is 7.27. The molecule has 0 bridgehead atoms. The zero-order chi connectivity index (χ0) is 9.97. The van der Waals surface area contributed by atoms with E-state index in [4.69, 9.17) is 9.52 Å². The van der Waals surface area contributed by atoms with Crippen molar-refractivity contribution in [3.63, 3.8) is 0 Å². The molecule has 2 aromatic heterocycles. The molecule has 3 nitrogen and oxygen atoms in total. The number of ketones is 1. The molecule has 0 radical (unpaired) electrons. The molecule has 0 atom stereocenters. The van der Waals surface area contributed by atoms with E-state index >= 15 is 0 Å². The largest absolute Gasteiger partial charge is 0.460 e. The summed E-state index contributed by atoms with van der Waals surface area (Å²) in [4.78, 5) is 12.3. The van der Waals surface area contributed by atoms with Crippen molar-refractivity contribution in [2.75, 3.05) is 0 Å². The van der Waals surface area contributed by atoms with Gasteiger partial charge in [0.1, 0.15) is 0 Å². The third-order valence-electron chi connectivity index (χ3n) is 1.81. The van der Waals surface area contributed by atoms with Gasteiger partial charge < -0.3 is 9.52 Å². The van der Waals surface area contributed by atoms with Gasteiger partial charge in [-0.1, -0.05) is 6.07 Å². The van der Waals surface area contributed by atoms with Crippen LogP contribution in [0.25, 0.3) is 0 Å². The second-order valence-electron chi connectivity index (χ2n) is 2.78. The quantitative estimate of drug-likeness (QED) is 0.785. The predicted molar refractivity (Wildman–Crippen MR) is 52.4 cm³/mol. The zero-order valence-corrected chi connectivity index (χ0v) is 8.08. The second kappa shape index (κ2) is 3.77. The molecule has 0 aliphatic carbocycles. The van der Waals surface area contributed by atoms with Crippen LogP contribution in [0, 0.1) is 0 Å². The molecule has 0 saturated carbocycles. The van der Waals surface area contributed by atoms with Gasteiger partial charge in [0.05, 0.1) is 17.7 Å².